The normalized spacial score (nSPS) is 22.6. The number of phenolic OH excluding ortho intramolecular Hbond substituents is 1. The first-order valence-corrected chi connectivity index (χ1v) is 14.9. The van der Waals surface area contributed by atoms with Gasteiger partial charge in [0.1, 0.15) is 41.4 Å². The zero-order valence-electron chi connectivity index (χ0n) is 23.8. The highest BCUT2D eigenvalue weighted by molar-refractivity contribution is 6.03. The van der Waals surface area contributed by atoms with Crippen molar-refractivity contribution in [1.82, 2.24) is 19.9 Å². The van der Waals surface area contributed by atoms with E-state index in [-0.39, 0.29) is 46.1 Å². The molecular weight excluding hydrogens is 555 g/mol. The van der Waals surface area contributed by atoms with Gasteiger partial charge in [0.15, 0.2) is 5.82 Å². The Kier molecular flexibility index (Phi) is 7.01. The minimum Gasteiger partial charge on any atom is -0.508 e. The highest BCUT2D eigenvalue weighted by atomic mass is 19.1. The van der Waals surface area contributed by atoms with Gasteiger partial charge >= 0.3 is 6.01 Å². The summed E-state index contributed by atoms with van der Waals surface area (Å²) < 4.78 is 52.0. The lowest BCUT2D eigenvalue weighted by Crippen LogP contribution is -2.43. The minimum absolute atomic E-state index is 0.0000291. The molecule has 10 heteroatoms. The predicted octanol–water partition coefficient (Wildman–Crippen LogP) is 6.15. The summed E-state index contributed by atoms with van der Waals surface area (Å²) in [4.78, 5) is 18.0. The molecule has 0 aliphatic carbocycles. The van der Waals surface area contributed by atoms with Crippen molar-refractivity contribution < 1.29 is 23.0 Å². The number of ether oxygens (including phenoxy) is 1. The van der Waals surface area contributed by atoms with Crippen LogP contribution in [0.5, 0.6) is 11.8 Å². The van der Waals surface area contributed by atoms with Crippen LogP contribution in [0.25, 0.3) is 32.9 Å². The molecule has 3 aliphatic rings. The molecule has 0 saturated carbocycles. The summed E-state index contributed by atoms with van der Waals surface area (Å²) in [5, 5.41) is 11.6. The summed E-state index contributed by atoms with van der Waals surface area (Å²) in [5.41, 5.74) is -0.439. The van der Waals surface area contributed by atoms with Crippen molar-refractivity contribution in [2.75, 3.05) is 37.7 Å². The van der Waals surface area contributed by atoms with Crippen LogP contribution in [-0.2, 0) is 0 Å². The molecule has 222 valence electrons. The Morgan fingerprint density at radius 1 is 1.07 bits per heavy atom. The number of terminal acetylenes is 1. The molecule has 0 radical (unpaired) electrons. The lowest BCUT2D eigenvalue weighted by Gasteiger charge is -2.31. The van der Waals surface area contributed by atoms with Crippen LogP contribution < -0.4 is 9.64 Å². The van der Waals surface area contributed by atoms with E-state index in [2.05, 4.69) is 25.7 Å². The smallest absolute Gasteiger partial charge is 0.319 e. The highest BCUT2D eigenvalue weighted by Crippen LogP contribution is 2.42. The van der Waals surface area contributed by atoms with E-state index in [0.29, 0.717) is 29.6 Å². The van der Waals surface area contributed by atoms with Gasteiger partial charge < -0.3 is 14.7 Å². The number of hydrogen-bond acceptors (Lipinski definition) is 7. The maximum atomic E-state index is 16.7. The molecule has 0 unspecified atom stereocenters. The predicted molar refractivity (Wildman–Crippen MR) is 159 cm³/mol. The van der Waals surface area contributed by atoms with Gasteiger partial charge in [-0.3, -0.25) is 9.88 Å². The van der Waals surface area contributed by atoms with Gasteiger partial charge in [-0.15, -0.1) is 6.42 Å². The molecule has 4 aromatic rings. The van der Waals surface area contributed by atoms with Crippen LogP contribution in [-0.4, -0.2) is 69.5 Å². The number of anilines is 1. The van der Waals surface area contributed by atoms with Crippen molar-refractivity contribution in [1.29, 1.82) is 0 Å². The average Bonchev–Trinajstić information content (AvgIpc) is 3.37. The van der Waals surface area contributed by atoms with Crippen LogP contribution in [0.15, 0.2) is 30.5 Å². The number of hydrogen-bond donors (Lipinski definition) is 1. The molecule has 43 heavy (non-hydrogen) atoms. The first-order valence-electron chi connectivity index (χ1n) is 14.9. The van der Waals surface area contributed by atoms with Gasteiger partial charge in [-0.05, 0) is 55.8 Å². The Hall–Kier alpha value is -4.10. The number of fused-ring (bicyclic) bond motifs is 3. The number of benzene rings is 2. The molecule has 7 nitrogen and oxygen atoms in total. The van der Waals surface area contributed by atoms with Crippen LogP contribution in [0, 0.1) is 24.0 Å². The molecule has 5 heterocycles. The number of pyridine rings is 1. The third kappa shape index (κ3) is 4.80. The molecule has 0 spiro atoms. The highest BCUT2D eigenvalue weighted by Gasteiger charge is 2.49. The molecule has 3 fully saturated rings. The van der Waals surface area contributed by atoms with Crippen molar-refractivity contribution in [3.05, 3.63) is 47.7 Å². The summed E-state index contributed by atoms with van der Waals surface area (Å²) in [6.45, 7) is 2.92. The first kappa shape index (κ1) is 27.7. The molecule has 0 amide bonds. The van der Waals surface area contributed by atoms with Crippen molar-refractivity contribution in [2.45, 2.75) is 56.7 Å². The number of aromatic nitrogens is 3. The second-order valence-corrected chi connectivity index (χ2v) is 11.9. The SMILES string of the molecule is C#Cc1c(F)ccc2cc(O)cc(-c3ncc4c(N5CCCCCC5)nc(OC[C@@]56CCCN5C[C@H](F)C6)nc4c3F)c12. The summed E-state index contributed by atoms with van der Waals surface area (Å²) >= 11 is 0. The van der Waals surface area contributed by atoms with Gasteiger partial charge in [0, 0.05) is 43.2 Å². The van der Waals surface area contributed by atoms with E-state index >= 15 is 4.39 Å². The van der Waals surface area contributed by atoms with E-state index in [9.17, 15) is 13.9 Å². The Morgan fingerprint density at radius 3 is 2.67 bits per heavy atom. The first-order chi connectivity index (χ1) is 20.9. The Bertz CT molecular complexity index is 1770. The third-order valence-corrected chi connectivity index (χ3v) is 9.23. The van der Waals surface area contributed by atoms with E-state index in [0.717, 1.165) is 58.2 Å². The van der Waals surface area contributed by atoms with Gasteiger partial charge in [-0.2, -0.15) is 9.97 Å². The van der Waals surface area contributed by atoms with Crippen molar-refractivity contribution in [3.63, 3.8) is 0 Å². The van der Waals surface area contributed by atoms with Gasteiger partial charge in [0.2, 0.25) is 0 Å². The second kappa shape index (κ2) is 10.9. The number of phenols is 1. The van der Waals surface area contributed by atoms with Crippen molar-refractivity contribution in [2.24, 2.45) is 0 Å². The van der Waals surface area contributed by atoms with Crippen LogP contribution in [0.2, 0.25) is 0 Å². The van der Waals surface area contributed by atoms with Crippen molar-refractivity contribution in [3.8, 4) is 35.4 Å². The standard InChI is InChI=1S/C33H32F3N5O2/c1-2-23-26(35)9-8-20-14-22(42)15-24(27(20)23)29-28(36)30-25(17-37-29)31(40-11-5-3-4-6-12-40)39-32(38-30)43-19-33-10-7-13-41(33)18-21(34)16-33/h1,8-9,14-15,17,21,42H,3-7,10-13,16,18-19H2/t21-,33+/m1/s1. The van der Waals surface area contributed by atoms with E-state index in [1.807, 2.05) is 0 Å². The van der Waals surface area contributed by atoms with Gasteiger partial charge in [0.25, 0.3) is 0 Å². The van der Waals surface area contributed by atoms with Crippen molar-refractivity contribution >= 4 is 27.5 Å². The van der Waals surface area contributed by atoms with E-state index < -0.39 is 23.3 Å². The van der Waals surface area contributed by atoms with E-state index in [4.69, 9.17) is 16.1 Å². The quantitative estimate of drug-likeness (QED) is 0.281. The average molecular weight is 588 g/mol. The second-order valence-electron chi connectivity index (χ2n) is 11.9. The molecular formula is C33H32F3N5O2. The molecule has 7 rings (SSSR count). The number of aromatic hydroxyl groups is 1. The van der Waals surface area contributed by atoms with E-state index in [1.165, 1.54) is 30.5 Å². The molecule has 0 bridgehead atoms. The Morgan fingerprint density at radius 2 is 1.88 bits per heavy atom. The van der Waals surface area contributed by atoms with E-state index in [1.54, 1.807) is 0 Å². The molecule has 1 N–H and O–H groups in total. The summed E-state index contributed by atoms with van der Waals surface area (Å²) in [6.07, 6.45) is 12.6. The summed E-state index contributed by atoms with van der Waals surface area (Å²) in [6, 6.07) is 5.49. The van der Waals surface area contributed by atoms with Crippen LogP contribution in [0.4, 0.5) is 19.0 Å². The zero-order chi connectivity index (χ0) is 29.7. The van der Waals surface area contributed by atoms with Crippen LogP contribution >= 0.6 is 0 Å². The lowest BCUT2D eigenvalue weighted by atomic mass is 9.95. The lowest BCUT2D eigenvalue weighted by molar-refractivity contribution is 0.107. The number of halogens is 3. The van der Waals surface area contributed by atoms with Gasteiger partial charge in [-0.25, -0.2) is 13.2 Å². The Balaban J connectivity index is 1.38. The molecule has 3 aliphatic heterocycles. The maximum Gasteiger partial charge on any atom is 0.319 e. The molecule has 2 aromatic heterocycles. The fraction of sp³-hybridized carbons (Fsp3) is 0.424. The summed E-state index contributed by atoms with van der Waals surface area (Å²) in [5.74, 6) is 1.37. The number of alkyl halides is 1. The monoisotopic (exact) mass is 587 g/mol. The molecule has 3 saturated heterocycles. The Labute approximate surface area is 247 Å². The fourth-order valence-electron chi connectivity index (χ4n) is 7.20. The minimum atomic E-state index is -0.907. The van der Waals surface area contributed by atoms with Gasteiger partial charge in [0.05, 0.1) is 16.5 Å². The fourth-order valence-corrected chi connectivity index (χ4v) is 7.20. The number of rotatable bonds is 5. The van der Waals surface area contributed by atoms with Gasteiger partial charge in [-0.1, -0.05) is 24.8 Å². The van der Waals surface area contributed by atoms with Crippen LogP contribution in [0.3, 0.4) is 0 Å². The molecule has 2 atom stereocenters. The summed E-state index contributed by atoms with van der Waals surface area (Å²) in [7, 11) is 0. The maximum absolute atomic E-state index is 16.7. The van der Waals surface area contributed by atoms with Crippen LogP contribution in [0.1, 0.15) is 50.5 Å². The number of nitrogens with zero attached hydrogens (tertiary/aromatic N) is 5. The topological polar surface area (TPSA) is 74.6 Å². The zero-order valence-corrected chi connectivity index (χ0v) is 23.8. The largest absolute Gasteiger partial charge is 0.508 e. The molecule has 2 aromatic carbocycles. The third-order valence-electron chi connectivity index (χ3n) is 9.23.